The maximum Gasteiger partial charge on any atom is 0.224 e. The number of thioether (sulfide) groups is 1. The molecular weight excluding hydrogens is 296 g/mol. The zero-order valence-electron chi connectivity index (χ0n) is 12.9. The van der Waals surface area contributed by atoms with E-state index in [9.17, 15) is 9.90 Å². The van der Waals surface area contributed by atoms with Crippen LogP contribution in [-0.4, -0.2) is 52.7 Å². The van der Waals surface area contributed by atoms with Crippen LogP contribution < -0.4 is 0 Å². The second-order valence-electron chi connectivity index (χ2n) is 6.05. The number of aromatic hydroxyl groups is 1. The Kier molecular flexibility index (Phi) is 5.26. The second kappa shape index (κ2) is 7.38. The van der Waals surface area contributed by atoms with Gasteiger partial charge in [0, 0.05) is 18.7 Å². The minimum absolute atomic E-state index is 0.0976. The van der Waals surface area contributed by atoms with E-state index in [2.05, 4.69) is 4.90 Å². The van der Waals surface area contributed by atoms with Crippen molar-refractivity contribution in [3.8, 4) is 5.75 Å². The number of rotatable bonds is 5. The van der Waals surface area contributed by atoms with Crippen LogP contribution in [0.3, 0.4) is 0 Å². The van der Waals surface area contributed by atoms with E-state index >= 15 is 0 Å². The van der Waals surface area contributed by atoms with Gasteiger partial charge in [0.2, 0.25) is 5.91 Å². The van der Waals surface area contributed by atoms with Gasteiger partial charge in [-0.1, -0.05) is 12.1 Å². The van der Waals surface area contributed by atoms with E-state index in [4.69, 9.17) is 0 Å². The third kappa shape index (κ3) is 3.76. The number of phenolic OH excluding ortho intramolecular Hbond substituents is 1. The van der Waals surface area contributed by atoms with Crippen molar-refractivity contribution in [3.05, 3.63) is 29.8 Å². The summed E-state index contributed by atoms with van der Waals surface area (Å²) < 4.78 is 0. The molecule has 1 aromatic rings. The second-order valence-corrected chi connectivity index (χ2v) is 7.24. The summed E-state index contributed by atoms with van der Waals surface area (Å²) >= 11 is 1.83. The Labute approximate surface area is 136 Å². The molecule has 22 heavy (non-hydrogen) atoms. The van der Waals surface area contributed by atoms with Crippen LogP contribution in [0.5, 0.6) is 5.75 Å². The molecule has 1 amide bonds. The predicted octanol–water partition coefficient (Wildman–Crippen LogP) is 2.84. The van der Waals surface area contributed by atoms with Gasteiger partial charge in [0.25, 0.3) is 0 Å². The first-order valence-corrected chi connectivity index (χ1v) is 9.21. The van der Waals surface area contributed by atoms with Crippen molar-refractivity contribution in [1.82, 2.24) is 9.80 Å². The molecule has 2 aliphatic rings. The van der Waals surface area contributed by atoms with Crippen molar-refractivity contribution in [3.63, 3.8) is 0 Å². The minimum Gasteiger partial charge on any atom is -0.508 e. The highest BCUT2D eigenvalue weighted by Gasteiger charge is 2.29. The maximum atomic E-state index is 12.3. The lowest BCUT2D eigenvalue weighted by Gasteiger charge is -2.36. The summed E-state index contributed by atoms with van der Waals surface area (Å²) in [5.41, 5.74) is 1.11. The Morgan fingerprint density at radius 1 is 1.14 bits per heavy atom. The zero-order chi connectivity index (χ0) is 15.4. The highest BCUT2D eigenvalue weighted by atomic mass is 32.2. The van der Waals surface area contributed by atoms with Crippen LogP contribution in [0.25, 0.3) is 0 Å². The van der Waals surface area contributed by atoms with E-state index in [0.29, 0.717) is 6.42 Å². The molecule has 0 spiro atoms. The zero-order valence-corrected chi connectivity index (χ0v) is 13.7. The van der Waals surface area contributed by atoms with Gasteiger partial charge in [-0.2, -0.15) is 0 Å². The molecule has 2 heterocycles. The molecule has 1 aromatic carbocycles. The lowest BCUT2D eigenvalue weighted by atomic mass is 10.1. The number of hydrogen-bond donors (Lipinski definition) is 1. The maximum absolute atomic E-state index is 12.3. The predicted molar refractivity (Wildman–Crippen MR) is 89.9 cm³/mol. The number of nitrogens with zero attached hydrogens (tertiary/aromatic N) is 2. The summed E-state index contributed by atoms with van der Waals surface area (Å²) in [4.78, 5) is 16.8. The van der Waals surface area contributed by atoms with Crippen molar-refractivity contribution in [1.29, 1.82) is 0 Å². The van der Waals surface area contributed by atoms with Crippen molar-refractivity contribution < 1.29 is 9.90 Å². The molecule has 120 valence electrons. The fourth-order valence-corrected chi connectivity index (χ4v) is 4.52. The molecule has 1 unspecified atom stereocenters. The van der Waals surface area contributed by atoms with Crippen molar-refractivity contribution in [2.24, 2.45) is 0 Å². The molecule has 4 nitrogen and oxygen atoms in total. The first-order chi connectivity index (χ1) is 10.7. The Bertz CT molecular complexity index is 500. The van der Waals surface area contributed by atoms with Crippen LogP contribution in [0.2, 0.25) is 0 Å². The highest BCUT2D eigenvalue weighted by Crippen LogP contribution is 2.37. The third-order valence-electron chi connectivity index (χ3n) is 4.45. The van der Waals surface area contributed by atoms with Gasteiger partial charge in [-0.3, -0.25) is 4.79 Å². The fraction of sp³-hybridized carbons (Fsp3) is 0.588. The van der Waals surface area contributed by atoms with Crippen LogP contribution >= 0.6 is 11.8 Å². The number of likely N-dealkylation sites (tertiary alicyclic amines) is 1. The number of benzene rings is 1. The largest absolute Gasteiger partial charge is 0.508 e. The number of phenols is 1. The highest BCUT2D eigenvalue weighted by molar-refractivity contribution is 7.99. The van der Waals surface area contributed by atoms with Crippen LogP contribution in [0.15, 0.2) is 24.3 Å². The normalized spacial score (nSPS) is 23.2. The van der Waals surface area contributed by atoms with Crippen LogP contribution in [0.4, 0.5) is 0 Å². The lowest BCUT2D eigenvalue weighted by molar-refractivity contribution is -0.132. The Balaban J connectivity index is 1.61. The molecule has 5 heteroatoms. The molecular formula is C17H24N2O2S. The molecule has 1 atom stereocenters. The van der Waals surface area contributed by atoms with E-state index in [1.54, 1.807) is 12.1 Å². The van der Waals surface area contributed by atoms with Crippen LogP contribution in [0.1, 0.15) is 36.6 Å². The number of carbonyl (C=O) groups excluding carboxylic acids is 1. The minimum atomic E-state index is 0.0976. The van der Waals surface area contributed by atoms with Gasteiger partial charge in [0.15, 0.2) is 0 Å². The number of hydrogen-bond acceptors (Lipinski definition) is 4. The molecule has 1 N–H and O–H groups in total. The van der Waals surface area contributed by atoms with Gasteiger partial charge in [-0.25, -0.2) is 0 Å². The van der Waals surface area contributed by atoms with E-state index in [1.807, 2.05) is 28.8 Å². The van der Waals surface area contributed by atoms with Crippen molar-refractivity contribution in [2.75, 3.05) is 31.9 Å². The Morgan fingerprint density at radius 3 is 2.59 bits per heavy atom. The van der Waals surface area contributed by atoms with E-state index in [0.717, 1.165) is 30.8 Å². The standard InChI is InChI=1S/C17H24N2O2S/c20-15-6-4-14(5-7-15)17-19(16(21)8-13-22-17)12-3-11-18-9-1-2-10-18/h4-7,17,20H,1-3,8-13H2. The number of amides is 1. The molecule has 2 fully saturated rings. The summed E-state index contributed by atoms with van der Waals surface area (Å²) in [5.74, 6) is 1.42. The van der Waals surface area contributed by atoms with Gasteiger partial charge >= 0.3 is 0 Å². The van der Waals surface area contributed by atoms with Crippen LogP contribution in [-0.2, 0) is 4.79 Å². The average molecular weight is 320 g/mol. The molecule has 0 bridgehead atoms. The lowest BCUT2D eigenvalue weighted by Crippen LogP contribution is -2.39. The van der Waals surface area contributed by atoms with Crippen molar-refractivity contribution >= 4 is 17.7 Å². The number of carbonyl (C=O) groups is 1. The Hall–Kier alpha value is -1.20. The van der Waals surface area contributed by atoms with Gasteiger partial charge < -0.3 is 14.9 Å². The monoisotopic (exact) mass is 320 g/mol. The third-order valence-corrected chi connectivity index (χ3v) is 5.73. The van der Waals surface area contributed by atoms with E-state index < -0.39 is 0 Å². The summed E-state index contributed by atoms with van der Waals surface area (Å²) in [5, 5.41) is 9.54. The summed E-state index contributed by atoms with van der Waals surface area (Å²) in [6.07, 6.45) is 4.31. The Morgan fingerprint density at radius 2 is 1.86 bits per heavy atom. The van der Waals surface area contributed by atoms with Gasteiger partial charge in [-0.05, 0) is 56.6 Å². The fourth-order valence-electron chi connectivity index (χ4n) is 3.25. The molecule has 0 aliphatic carbocycles. The van der Waals surface area contributed by atoms with Crippen LogP contribution in [0, 0.1) is 0 Å². The summed E-state index contributed by atoms with van der Waals surface area (Å²) in [7, 11) is 0. The molecule has 3 rings (SSSR count). The SMILES string of the molecule is O=C1CCSC(c2ccc(O)cc2)N1CCCN1CCCC1. The van der Waals surface area contributed by atoms with Crippen molar-refractivity contribution in [2.45, 2.75) is 31.1 Å². The first-order valence-electron chi connectivity index (χ1n) is 8.16. The van der Waals surface area contributed by atoms with E-state index in [-0.39, 0.29) is 17.0 Å². The van der Waals surface area contributed by atoms with E-state index in [1.165, 1.54) is 25.9 Å². The van der Waals surface area contributed by atoms with Gasteiger partial charge in [0.05, 0.1) is 0 Å². The molecule has 0 saturated carbocycles. The van der Waals surface area contributed by atoms with Gasteiger partial charge in [-0.15, -0.1) is 11.8 Å². The molecule has 0 radical (unpaired) electrons. The smallest absolute Gasteiger partial charge is 0.224 e. The molecule has 2 saturated heterocycles. The summed E-state index contributed by atoms with van der Waals surface area (Å²) in [6, 6.07) is 7.27. The average Bonchev–Trinajstić information content (AvgIpc) is 3.03. The molecule has 2 aliphatic heterocycles. The first kappa shape index (κ1) is 15.7. The summed E-state index contributed by atoms with van der Waals surface area (Å²) in [6.45, 7) is 4.35. The molecule has 0 aromatic heterocycles. The topological polar surface area (TPSA) is 43.8 Å². The van der Waals surface area contributed by atoms with Gasteiger partial charge in [0.1, 0.15) is 11.1 Å². The quantitative estimate of drug-likeness (QED) is 0.906.